The molecule has 3 saturated heterocycles. The minimum absolute atomic E-state index is 0. The van der Waals surface area contributed by atoms with Crippen LogP contribution >= 0.6 is 0 Å². The summed E-state index contributed by atoms with van der Waals surface area (Å²) < 4.78 is 16.6. The Labute approximate surface area is 687 Å². The molecule has 15 rings (SSSR count). The van der Waals surface area contributed by atoms with Crippen LogP contribution in [0.25, 0.3) is 33.8 Å². The molecule has 6 aromatic heterocycles. The normalized spacial score (nSPS) is 14.1. The van der Waals surface area contributed by atoms with Gasteiger partial charge in [-0.05, 0) is 203 Å². The largest absolute Gasteiger partial charge is 0.478 e. The standard InChI is InChI=1S/2C29H31N7O.C16H15N5.C13H18N2O2.CH4O2S.CH4/c2*1-21-5-10-25(18-27(21)34-29-31-13-11-26(33-29)24-4-3-12-30-19-24)32-28(37)23-8-6-22(7-9-23)20-36-16-14-35(2)15-17-36;1-11-4-5-13(17)9-15(11)21-16-19-8-6-14(20-16)12-3-2-7-18-10-12;1-14-6-8-15(9-7-14)10-11-2-4-12(5-3-11)13(16)17;1-4(2)3;/h2*3-13,18-19H,14-17,20H2,1-2H3,(H,32,37)(H,31,33,34);2-10H,17H2,1H3,(H,19,20,21);2-5H,6-10H2,1H3,(H,16,17);1H3,(H,2,3);1H4. The number of amides is 2. The minimum Gasteiger partial charge on any atom is -0.478 e. The Bertz CT molecular complexity index is 4960. The van der Waals surface area contributed by atoms with Crippen LogP contribution in [0.4, 0.5) is 52.0 Å². The number of hydrogen-bond donors (Lipinski definition) is 8. The second-order valence-corrected chi connectivity index (χ2v) is 29.3. The van der Waals surface area contributed by atoms with Crippen molar-refractivity contribution in [2.75, 3.05) is 138 Å². The fourth-order valence-electron chi connectivity index (χ4n) is 12.6. The molecular weight excluding hydrogens is 1490 g/mol. The highest BCUT2D eigenvalue weighted by atomic mass is 32.2. The number of aromatic carboxylic acids is 1. The number of anilines is 9. The van der Waals surface area contributed by atoms with E-state index in [0.717, 1.165) is 166 Å². The first-order chi connectivity index (χ1) is 56.2. The molecule has 3 aliphatic heterocycles. The van der Waals surface area contributed by atoms with Crippen molar-refractivity contribution in [2.24, 2.45) is 0 Å². The maximum Gasteiger partial charge on any atom is 0.335 e. The average Bonchev–Trinajstić information content (AvgIpc) is 0.831. The third-order valence-corrected chi connectivity index (χ3v) is 19.5. The van der Waals surface area contributed by atoms with Crippen molar-refractivity contribution in [3.05, 3.63) is 288 Å². The van der Waals surface area contributed by atoms with E-state index in [1.807, 2.05) is 191 Å². The number of piperazine rings is 3. The van der Waals surface area contributed by atoms with Crippen molar-refractivity contribution >= 4 is 80.8 Å². The molecule has 3 fully saturated rings. The van der Waals surface area contributed by atoms with Gasteiger partial charge in [0, 0.05) is 222 Å². The number of aryl methyl sites for hydroxylation is 3. The molecule has 606 valence electrons. The summed E-state index contributed by atoms with van der Waals surface area (Å²) in [6.07, 6.45) is 16.9. The molecule has 27 nitrogen and oxygen atoms in total. The zero-order chi connectivity index (χ0) is 81.7. The Balaban J connectivity index is 0.000000169. The first kappa shape index (κ1) is 86.9. The predicted molar refractivity (Wildman–Crippen MR) is 468 cm³/mol. The van der Waals surface area contributed by atoms with Gasteiger partial charge in [-0.3, -0.25) is 39.2 Å². The van der Waals surface area contributed by atoms with Crippen LogP contribution in [0.1, 0.15) is 71.9 Å². The Morgan fingerprint density at radius 3 is 1.01 bits per heavy atom. The molecule has 1 atom stereocenters. The van der Waals surface area contributed by atoms with E-state index in [-0.39, 0.29) is 19.2 Å². The molecule has 0 spiro atoms. The van der Waals surface area contributed by atoms with Gasteiger partial charge in [0.15, 0.2) is 0 Å². The Morgan fingerprint density at radius 1 is 0.410 bits per heavy atom. The lowest BCUT2D eigenvalue weighted by molar-refractivity contribution is 0.0696. The monoisotopic (exact) mass is 1590 g/mol. The maximum absolute atomic E-state index is 12.9. The number of carbonyl (C=O) groups excluding carboxylic acids is 2. The predicted octanol–water partition coefficient (Wildman–Crippen LogP) is 14.0. The van der Waals surface area contributed by atoms with Crippen LogP contribution in [0, 0.1) is 20.8 Å². The van der Waals surface area contributed by atoms with Crippen LogP contribution in [0.2, 0.25) is 0 Å². The molecule has 9 N–H and O–H groups in total. The quantitative estimate of drug-likeness (QED) is 0.0260. The smallest absolute Gasteiger partial charge is 0.335 e. The molecule has 3 aliphatic rings. The van der Waals surface area contributed by atoms with E-state index >= 15 is 0 Å². The molecule has 0 aliphatic carbocycles. The van der Waals surface area contributed by atoms with Gasteiger partial charge in [0.25, 0.3) is 11.8 Å². The van der Waals surface area contributed by atoms with Gasteiger partial charge in [-0.2, -0.15) is 0 Å². The van der Waals surface area contributed by atoms with E-state index in [4.69, 9.17) is 19.6 Å². The topological polar surface area (TPSA) is 330 Å². The van der Waals surface area contributed by atoms with E-state index in [0.29, 0.717) is 51.6 Å². The van der Waals surface area contributed by atoms with Gasteiger partial charge in [-0.15, -0.1) is 0 Å². The number of nitrogens with one attached hydrogen (secondary N) is 5. The van der Waals surface area contributed by atoms with E-state index < -0.39 is 17.0 Å². The molecule has 28 heteroatoms. The summed E-state index contributed by atoms with van der Waals surface area (Å²) in [6.45, 7) is 21.8. The van der Waals surface area contributed by atoms with E-state index in [1.165, 1.54) is 22.9 Å². The van der Waals surface area contributed by atoms with Crippen molar-refractivity contribution in [3.63, 3.8) is 0 Å². The Hall–Kier alpha value is -12.5. The number of pyridine rings is 3. The maximum atomic E-state index is 12.9. The number of aromatic nitrogens is 9. The van der Waals surface area contributed by atoms with Gasteiger partial charge in [0.2, 0.25) is 17.8 Å². The number of nitrogens with two attached hydrogens (primary N) is 1. The number of nitrogen functional groups attached to an aromatic ring is 1. The molecule has 1 unspecified atom stereocenters. The third kappa shape index (κ3) is 27.6. The van der Waals surface area contributed by atoms with Gasteiger partial charge >= 0.3 is 5.97 Å². The van der Waals surface area contributed by atoms with Crippen molar-refractivity contribution in [2.45, 2.75) is 47.8 Å². The number of carbonyl (C=O) groups is 3. The van der Waals surface area contributed by atoms with Gasteiger partial charge in [-0.1, -0.05) is 62.0 Å². The number of nitrogens with zero attached hydrogens (tertiary/aromatic N) is 15. The van der Waals surface area contributed by atoms with Crippen LogP contribution in [0.3, 0.4) is 0 Å². The van der Waals surface area contributed by atoms with Crippen LogP contribution < -0.4 is 32.3 Å². The van der Waals surface area contributed by atoms with E-state index in [1.54, 1.807) is 67.9 Å². The van der Waals surface area contributed by atoms with Crippen molar-refractivity contribution in [1.29, 1.82) is 0 Å². The molecule has 0 radical (unpaired) electrons. The average molecular weight is 1600 g/mol. The molecule has 117 heavy (non-hydrogen) atoms. The van der Waals surface area contributed by atoms with Crippen molar-refractivity contribution < 1.29 is 28.3 Å². The number of rotatable bonds is 20. The minimum atomic E-state index is -1.61. The van der Waals surface area contributed by atoms with Crippen LogP contribution in [0.15, 0.2) is 238 Å². The highest BCUT2D eigenvalue weighted by Crippen LogP contribution is 2.29. The Kier molecular flexibility index (Phi) is 32.5. The fourth-order valence-corrected chi connectivity index (χ4v) is 12.6. The molecule has 12 aromatic rings. The van der Waals surface area contributed by atoms with E-state index in [2.05, 4.69) is 122 Å². The number of hydrogen-bond acceptors (Lipinski definition) is 23. The summed E-state index contributed by atoms with van der Waals surface area (Å²) in [4.78, 5) is 90.0. The molecule has 2 amide bonds. The number of likely N-dealkylation sites (N-methyl/N-ethyl adjacent to an activating group) is 3. The molecule has 6 aromatic carbocycles. The van der Waals surface area contributed by atoms with Gasteiger partial charge < -0.3 is 56.7 Å². The summed E-state index contributed by atoms with van der Waals surface area (Å²) in [5.41, 5.74) is 24.0. The zero-order valence-corrected chi connectivity index (χ0v) is 67.2. The SMILES string of the molecule is C.CN1CCN(Cc2ccc(C(=O)O)cc2)CC1.CS(=O)O.Cc1ccc(N)cc1Nc1nccc(-c2cccnc2)n1.Cc1ccc(NC(=O)c2ccc(CN3CCN(C)CC3)cc2)cc1Nc1nccc(-c2cccnc2)n1.Cc1ccc(NC(=O)c2ccc(CN3CCN(C)CC3)cc2)cc1Nc1nccc(-c2cccnc2)n1. The van der Waals surface area contributed by atoms with Gasteiger partial charge in [0.1, 0.15) is 11.1 Å². The van der Waals surface area contributed by atoms with Crippen molar-refractivity contribution in [3.8, 4) is 33.8 Å². The Morgan fingerprint density at radius 2 is 0.709 bits per heavy atom. The summed E-state index contributed by atoms with van der Waals surface area (Å²) in [5.74, 6) is 0.334. The summed E-state index contributed by atoms with van der Waals surface area (Å²) in [7, 11) is 6.46. The molecule has 9 heterocycles. The lowest BCUT2D eigenvalue weighted by Crippen LogP contribution is -2.43. The van der Waals surface area contributed by atoms with Crippen molar-refractivity contribution in [1.82, 2.24) is 74.3 Å². The first-order valence-electron chi connectivity index (χ1n) is 38.1. The third-order valence-electron chi connectivity index (χ3n) is 19.5. The summed E-state index contributed by atoms with van der Waals surface area (Å²) >= 11 is -1.61. The summed E-state index contributed by atoms with van der Waals surface area (Å²) in [5, 5.41) is 24.6. The number of benzene rings is 6. The second-order valence-electron chi connectivity index (χ2n) is 28.5. The lowest BCUT2D eigenvalue weighted by atomic mass is 10.1. The highest BCUT2D eigenvalue weighted by Gasteiger charge is 2.19. The number of carboxylic acids is 1. The second kappa shape index (κ2) is 43.8. The molecular formula is C89H103N21O6S. The molecule has 0 bridgehead atoms. The lowest BCUT2D eigenvalue weighted by Gasteiger charge is -2.32. The van der Waals surface area contributed by atoms with Crippen LogP contribution in [-0.2, 0) is 30.7 Å². The first-order valence-corrected chi connectivity index (χ1v) is 39.7. The van der Waals surface area contributed by atoms with E-state index in [9.17, 15) is 14.4 Å². The zero-order valence-electron chi connectivity index (χ0n) is 66.3. The molecule has 0 saturated carbocycles. The number of carboxylic acid groups (broad SMARTS) is 1. The van der Waals surface area contributed by atoms with Crippen LogP contribution in [0.5, 0.6) is 0 Å². The van der Waals surface area contributed by atoms with Gasteiger partial charge in [-0.25, -0.2) is 38.9 Å². The van der Waals surface area contributed by atoms with Gasteiger partial charge in [0.05, 0.1) is 22.6 Å². The van der Waals surface area contributed by atoms with Crippen LogP contribution in [-0.4, -0.2) is 212 Å². The highest BCUT2D eigenvalue weighted by molar-refractivity contribution is 7.78. The summed E-state index contributed by atoms with van der Waals surface area (Å²) in [6, 6.07) is 57.2. The fraction of sp³-hybridized carbons (Fsp3) is 0.258.